The van der Waals surface area contributed by atoms with Gasteiger partial charge in [0.2, 0.25) is 0 Å². The van der Waals surface area contributed by atoms with E-state index in [1.165, 1.54) is 12.9 Å². The summed E-state index contributed by atoms with van der Waals surface area (Å²) in [5.74, 6) is 0.782. The molecular weight excluding hydrogens is 133 g/mol. The van der Waals surface area contributed by atoms with Crippen molar-refractivity contribution in [3.05, 3.63) is 12.2 Å². The fraction of sp³-hybridized carbons (Fsp3) is 0.778. The Morgan fingerprint density at radius 2 is 2.00 bits per heavy atom. The molecule has 0 aliphatic carbocycles. The first-order valence-corrected chi connectivity index (χ1v) is 4.50. The highest BCUT2D eigenvalue weighted by atomic mass is 15.2. The third kappa shape index (κ3) is 1.45. The Morgan fingerprint density at radius 1 is 1.45 bits per heavy atom. The van der Waals surface area contributed by atoms with Crippen molar-refractivity contribution in [3.63, 3.8) is 0 Å². The zero-order chi connectivity index (χ0) is 8.59. The van der Waals surface area contributed by atoms with Gasteiger partial charge in [-0.3, -0.25) is 0 Å². The molecular formula is C9H18BN. The molecule has 11 heavy (non-hydrogen) atoms. The van der Waals surface area contributed by atoms with E-state index in [-0.39, 0.29) is 0 Å². The molecule has 0 spiro atoms. The highest BCUT2D eigenvalue weighted by Gasteiger charge is 2.31. The van der Waals surface area contributed by atoms with Gasteiger partial charge in [-0.1, -0.05) is 13.5 Å². The average Bonchev–Trinajstić information content (AvgIpc) is 2.07. The summed E-state index contributed by atoms with van der Waals surface area (Å²) in [4.78, 5) is 2.44. The Bertz CT molecular complexity index is 165. The summed E-state index contributed by atoms with van der Waals surface area (Å²) in [6, 6.07) is 1.30. The van der Waals surface area contributed by atoms with Crippen LogP contribution in [0.5, 0.6) is 0 Å². The standard InChI is InChI=1S/C9H18BN/c1-6(2)11-8(4)7(3)10-9(11)5/h6-8,10H,5H2,1-4H3/t7-,8+/m1/s1. The Labute approximate surface area is 70.7 Å². The number of hydrogen-bond acceptors (Lipinski definition) is 1. The van der Waals surface area contributed by atoms with Crippen LogP contribution in [0.25, 0.3) is 0 Å². The lowest BCUT2D eigenvalue weighted by molar-refractivity contribution is 0.246. The SMILES string of the molecule is C=C1B[C@H](C)[C@H](C)N1C(C)C. The van der Waals surface area contributed by atoms with Crippen molar-refractivity contribution in [2.75, 3.05) is 0 Å². The molecule has 1 fully saturated rings. The second-order valence-electron chi connectivity index (χ2n) is 3.99. The van der Waals surface area contributed by atoms with Crippen LogP contribution >= 0.6 is 0 Å². The van der Waals surface area contributed by atoms with Crippen LogP contribution in [-0.4, -0.2) is 24.3 Å². The highest BCUT2D eigenvalue weighted by molar-refractivity contribution is 6.48. The van der Waals surface area contributed by atoms with Crippen LogP contribution in [-0.2, 0) is 0 Å². The van der Waals surface area contributed by atoms with Crippen LogP contribution < -0.4 is 0 Å². The lowest BCUT2D eigenvalue weighted by Crippen LogP contribution is -2.32. The normalized spacial score (nSPS) is 31.4. The molecule has 0 amide bonds. The van der Waals surface area contributed by atoms with Gasteiger partial charge >= 0.3 is 0 Å². The van der Waals surface area contributed by atoms with Crippen LogP contribution in [0.4, 0.5) is 0 Å². The number of hydrogen-bond donors (Lipinski definition) is 0. The van der Waals surface area contributed by atoms with E-state index >= 15 is 0 Å². The van der Waals surface area contributed by atoms with E-state index in [2.05, 4.69) is 39.2 Å². The summed E-state index contributed by atoms with van der Waals surface area (Å²) in [5.41, 5.74) is 1.32. The quantitative estimate of drug-likeness (QED) is 0.516. The molecule has 0 radical (unpaired) electrons. The minimum atomic E-state index is 0.613. The first-order chi connectivity index (χ1) is 5.04. The summed E-state index contributed by atoms with van der Waals surface area (Å²) in [5, 5.41) is 0. The number of nitrogens with zero attached hydrogens (tertiary/aromatic N) is 1. The van der Waals surface area contributed by atoms with Crippen LogP contribution in [0, 0.1) is 0 Å². The predicted molar refractivity (Wildman–Crippen MR) is 52.2 cm³/mol. The molecule has 0 aromatic rings. The third-order valence-electron chi connectivity index (χ3n) is 2.74. The molecule has 0 saturated carbocycles. The topological polar surface area (TPSA) is 3.24 Å². The summed E-state index contributed by atoms with van der Waals surface area (Å²) in [6.07, 6.45) is 0. The van der Waals surface area contributed by atoms with Crippen molar-refractivity contribution >= 4 is 7.28 Å². The van der Waals surface area contributed by atoms with E-state index in [0.717, 1.165) is 5.82 Å². The molecule has 0 bridgehead atoms. The van der Waals surface area contributed by atoms with E-state index in [9.17, 15) is 0 Å². The maximum absolute atomic E-state index is 4.08. The van der Waals surface area contributed by atoms with Gasteiger partial charge in [-0.25, -0.2) is 0 Å². The Balaban J connectivity index is 2.71. The Kier molecular flexibility index (Phi) is 2.31. The maximum Gasteiger partial charge on any atom is 0.183 e. The molecule has 1 saturated heterocycles. The fourth-order valence-electron chi connectivity index (χ4n) is 2.05. The van der Waals surface area contributed by atoms with Gasteiger partial charge in [-0.05, 0) is 32.2 Å². The molecule has 2 atom stereocenters. The summed E-state index contributed by atoms with van der Waals surface area (Å²) < 4.78 is 0. The second kappa shape index (κ2) is 2.92. The average molecular weight is 151 g/mol. The third-order valence-corrected chi connectivity index (χ3v) is 2.74. The minimum Gasteiger partial charge on any atom is -0.379 e. The largest absolute Gasteiger partial charge is 0.379 e. The number of rotatable bonds is 1. The van der Waals surface area contributed by atoms with Crippen LogP contribution in [0.3, 0.4) is 0 Å². The van der Waals surface area contributed by atoms with Crippen molar-refractivity contribution in [2.24, 2.45) is 0 Å². The monoisotopic (exact) mass is 151 g/mol. The Morgan fingerprint density at radius 3 is 2.18 bits per heavy atom. The maximum atomic E-state index is 4.08. The zero-order valence-corrected chi connectivity index (χ0v) is 8.09. The molecule has 62 valence electrons. The first-order valence-electron chi connectivity index (χ1n) is 4.50. The summed E-state index contributed by atoms with van der Waals surface area (Å²) in [7, 11) is 1.18. The summed E-state index contributed by atoms with van der Waals surface area (Å²) in [6.45, 7) is 13.2. The lowest BCUT2D eigenvalue weighted by Gasteiger charge is -2.31. The van der Waals surface area contributed by atoms with E-state index in [4.69, 9.17) is 0 Å². The van der Waals surface area contributed by atoms with Gasteiger partial charge in [0.25, 0.3) is 0 Å². The first kappa shape index (κ1) is 8.70. The van der Waals surface area contributed by atoms with Gasteiger partial charge in [0.15, 0.2) is 7.28 Å². The molecule has 0 aromatic carbocycles. The van der Waals surface area contributed by atoms with E-state index in [1.807, 2.05) is 0 Å². The van der Waals surface area contributed by atoms with E-state index < -0.39 is 0 Å². The molecule has 0 unspecified atom stereocenters. The summed E-state index contributed by atoms with van der Waals surface area (Å²) >= 11 is 0. The predicted octanol–water partition coefficient (Wildman–Crippen LogP) is 1.81. The van der Waals surface area contributed by atoms with Crippen molar-refractivity contribution in [1.29, 1.82) is 0 Å². The fourth-order valence-corrected chi connectivity index (χ4v) is 2.05. The minimum absolute atomic E-state index is 0.613. The van der Waals surface area contributed by atoms with Gasteiger partial charge < -0.3 is 4.90 Å². The van der Waals surface area contributed by atoms with Crippen molar-refractivity contribution < 1.29 is 0 Å². The van der Waals surface area contributed by atoms with Gasteiger partial charge in [-0.2, -0.15) is 0 Å². The smallest absolute Gasteiger partial charge is 0.183 e. The van der Waals surface area contributed by atoms with Gasteiger partial charge in [0.05, 0.1) is 0 Å². The van der Waals surface area contributed by atoms with E-state index in [1.54, 1.807) is 0 Å². The van der Waals surface area contributed by atoms with Crippen molar-refractivity contribution in [2.45, 2.75) is 45.6 Å². The van der Waals surface area contributed by atoms with E-state index in [0.29, 0.717) is 12.1 Å². The van der Waals surface area contributed by atoms with Crippen LogP contribution in [0.2, 0.25) is 5.82 Å². The van der Waals surface area contributed by atoms with Crippen LogP contribution in [0.1, 0.15) is 27.7 Å². The highest BCUT2D eigenvalue weighted by Crippen LogP contribution is 2.30. The molecule has 1 rings (SSSR count). The van der Waals surface area contributed by atoms with Crippen LogP contribution in [0.15, 0.2) is 12.2 Å². The molecule has 1 aliphatic heterocycles. The molecule has 1 heterocycles. The van der Waals surface area contributed by atoms with Gasteiger partial charge in [-0.15, -0.1) is 0 Å². The van der Waals surface area contributed by atoms with Crippen molar-refractivity contribution in [1.82, 2.24) is 4.90 Å². The van der Waals surface area contributed by atoms with Gasteiger partial charge in [0.1, 0.15) is 0 Å². The van der Waals surface area contributed by atoms with Gasteiger partial charge in [0, 0.05) is 12.1 Å². The zero-order valence-electron chi connectivity index (χ0n) is 8.09. The van der Waals surface area contributed by atoms with Crippen molar-refractivity contribution in [3.8, 4) is 0 Å². The molecule has 0 aromatic heterocycles. The molecule has 2 heteroatoms. The molecule has 0 N–H and O–H groups in total. The molecule has 1 aliphatic rings. The lowest BCUT2D eigenvalue weighted by atomic mass is 9.65. The second-order valence-corrected chi connectivity index (χ2v) is 3.99. The Hall–Kier alpha value is -0.395. The molecule has 1 nitrogen and oxygen atoms in total.